The van der Waals surface area contributed by atoms with E-state index in [0.29, 0.717) is 6.54 Å². The van der Waals surface area contributed by atoms with Gasteiger partial charge in [0.15, 0.2) is 0 Å². The van der Waals surface area contributed by atoms with Crippen molar-refractivity contribution in [1.82, 2.24) is 10.6 Å². The first kappa shape index (κ1) is 15.7. The molecule has 0 atom stereocenters. The van der Waals surface area contributed by atoms with Crippen molar-refractivity contribution in [3.05, 3.63) is 12.7 Å². The van der Waals surface area contributed by atoms with Gasteiger partial charge < -0.3 is 10.6 Å². The molecule has 0 rings (SSSR count). The second-order valence-corrected chi connectivity index (χ2v) is 4.04. The third-order valence-electron chi connectivity index (χ3n) is 2.46. The fourth-order valence-electron chi connectivity index (χ4n) is 1.44. The molecule has 0 radical (unpaired) electrons. The molecule has 0 aromatic rings. The Hall–Kier alpha value is -1.32. The van der Waals surface area contributed by atoms with Gasteiger partial charge in [-0.2, -0.15) is 0 Å². The highest BCUT2D eigenvalue weighted by molar-refractivity contribution is 5.90. The highest BCUT2D eigenvalue weighted by Gasteiger charge is 2.01. The SMILES string of the molecule is C=CC(=O)NCC(=O)NCCCCCCCC. The van der Waals surface area contributed by atoms with Crippen LogP contribution in [0.25, 0.3) is 0 Å². The lowest BCUT2D eigenvalue weighted by Crippen LogP contribution is -2.36. The van der Waals surface area contributed by atoms with E-state index in [4.69, 9.17) is 0 Å². The first-order valence-electron chi connectivity index (χ1n) is 6.37. The van der Waals surface area contributed by atoms with Gasteiger partial charge in [-0.1, -0.05) is 45.6 Å². The maximum absolute atomic E-state index is 11.2. The van der Waals surface area contributed by atoms with E-state index in [1.807, 2.05) is 0 Å². The van der Waals surface area contributed by atoms with Crippen LogP contribution in [0.2, 0.25) is 0 Å². The average Bonchev–Trinajstić information content (AvgIpc) is 2.34. The zero-order valence-corrected chi connectivity index (χ0v) is 10.8. The maximum atomic E-state index is 11.2. The van der Waals surface area contributed by atoms with Gasteiger partial charge in [-0.25, -0.2) is 0 Å². The summed E-state index contributed by atoms with van der Waals surface area (Å²) in [6, 6.07) is 0. The molecule has 0 aliphatic heterocycles. The molecule has 0 aliphatic carbocycles. The Morgan fingerprint density at radius 3 is 2.35 bits per heavy atom. The van der Waals surface area contributed by atoms with Crippen LogP contribution < -0.4 is 10.6 Å². The second kappa shape index (κ2) is 11.2. The van der Waals surface area contributed by atoms with Crippen LogP contribution >= 0.6 is 0 Å². The molecule has 0 aliphatic rings. The van der Waals surface area contributed by atoms with Crippen LogP contribution in [0, 0.1) is 0 Å². The first-order chi connectivity index (χ1) is 8.20. The van der Waals surface area contributed by atoms with Crippen LogP contribution in [0.4, 0.5) is 0 Å². The van der Waals surface area contributed by atoms with Gasteiger partial charge >= 0.3 is 0 Å². The standard InChI is InChI=1S/C13H24N2O2/c1-3-5-6-7-8-9-10-14-13(17)11-15-12(16)4-2/h4H,2-3,5-11H2,1H3,(H,14,17)(H,15,16). The zero-order valence-electron chi connectivity index (χ0n) is 10.8. The molecule has 4 heteroatoms. The van der Waals surface area contributed by atoms with Crippen molar-refractivity contribution in [3.8, 4) is 0 Å². The zero-order chi connectivity index (χ0) is 12.9. The molecule has 0 unspecified atom stereocenters. The normalized spacial score (nSPS) is 9.71. The van der Waals surface area contributed by atoms with Gasteiger partial charge in [0.05, 0.1) is 6.54 Å². The summed E-state index contributed by atoms with van der Waals surface area (Å²) in [6.07, 6.45) is 8.36. The Morgan fingerprint density at radius 2 is 1.71 bits per heavy atom. The number of amides is 2. The third-order valence-corrected chi connectivity index (χ3v) is 2.46. The molecule has 17 heavy (non-hydrogen) atoms. The molecule has 2 N–H and O–H groups in total. The van der Waals surface area contributed by atoms with Gasteiger partial charge in [-0.15, -0.1) is 0 Å². The maximum Gasteiger partial charge on any atom is 0.243 e. The van der Waals surface area contributed by atoms with Crippen molar-refractivity contribution in [2.75, 3.05) is 13.1 Å². The highest BCUT2D eigenvalue weighted by atomic mass is 16.2. The van der Waals surface area contributed by atoms with E-state index >= 15 is 0 Å². The predicted octanol–water partition coefficient (Wildman–Crippen LogP) is 1.77. The fraction of sp³-hybridized carbons (Fsp3) is 0.692. The number of carbonyl (C=O) groups excluding carboxylic acids is 2. The Morgan fingerprint density at radius 1 is 1.06 bits per heavy atom. The quantitative estimate of drug-likeness (QED) is 0.451. The van der Waals surface area contributed by atoms with E-state index in [2.05, 4.69) is 24.1 Å². The number of unbranched alkanes of at least 4 members (excludes halogenated alkanes) is 5. The largest absolute Gasteiger partial charge is 0.355 e. The van der Waals surface area contributed by atoms with Gasteiger partial charge in [0.2, 0.25) is 11.8 Å². The molecule has 0 aromatic heterocycles. The highest BCUT2D eigenvalue weighted by Crippen LogP contribution is 2.03. The van der Waals surface area contributed by atoms with E-state index in [9.17, 15) is 9.59 Å². The summed E-state index contributed by atoms with van der Waals surface area (Å²) >= 11 is 0. The monoisotopic (exact) mass is 240 g/mol. The summed E-state index contributed by atoms with van der Waals surface area (Å²) < 4.78 is 0. The van der Waals surface area contributed by atoms with Crippen molar-refractivity contribution in [2.24, 2.45) is 0 Å². The van der Waals surface area contributed by atoms with E-state index < -0.39 is 0 Å². The Kier molecular flexibility index (Phi) is 10.3. The molecule has 0 saturated heterocycles. The number of nitrogens with one attached hydrogen (secondary N) is 2. The average molecular weight is 240 g/mol. The van der Waals surface area contributed by atoms with E-state index in [1.54, 1.807) is 0 Å². The van der Waals surface area contributed by atoms with Crippen LogP contribution in [0.1, 0.15) is 45.4 Å². The summed E-state index contributed by atoms with van der Waals surface area (Å²) in [7, 11) is 0. The smallest absolute Gasteiger partial charge is 0.243 e. The molecular weight excluding hydrogens is 216 g/mol. The minimum atomic E-state index is -0.320. The summed E-state index contributed by atoms with van der Waals surface area (Å²) in [5, 5.41) is 5.20. The number of hydrogen-bond acceptors (Lipinski definition) is 2. The van der Waals surface area contributed by atoms with Gasteiger partial charge in [0.25, 0.3) is 0 Å². The third kappa shape index (κ3) is 11.0. The first-order valence-corrected chi connectivity index (χ1v) is 6.37. The lowest BCUT2D eigenvalue weighted by molar-refractivity contribution is -0.123. The minimum Gasteiger partial charge on any atom is -0.355 e. The van der Waals surface area contributed by atoms with Crippen molar-refractivity contribution >= 4 is 11.8 Å². The molecule has 2 amide bonds. The molecular formula is C13H24N2O2. The molecule has 0 fully saturated rings. The van der Waals surface area contributed by atoms with Crippen LogP contribution in [0.3, 0.4) is 0 Å². The molecule has 4 nitrogen and oxygen atoms in total. The predicted molar refractivity (Wildman–Crippen MR) is 69.6 cm³/mol. The van der Waals surface area contributed by atoms with Crippen molar-refractivity contribution in [1.29, 1.82) is 0 Å². The summed E-state index contributed by atoms with van der Waals surface area (Å²) in [4.78, 5) is 22.0. The van der Waals surface area contributed by atoms with Crippen molar-refractivity contribution < 1.29 is 9.59 Å². The van der Waals surface area contributed by atoms with Crippen LogP contribution in [0.5, 0.6) is 0 Å². The van der Waals surface area contributed by atoms with Gasteiger partial charge in [-0.3, -0.25) is 9.59 Å². The van der Waals surface area contributed by atoms with Crippen LogP contribution in [-0.4, -0.2) is 24.9 Å². The minimum absolute atomic E-state index is 0.0285. The van der Waals surface area contributed by atoms with Crippen molar-refractivity contribution in [2.45, 2.75) is 45.4 Å². The fourth-order valence-corrected chi connectivity index (χ4v) is 1.44. The van der Waals surface area contributed by atoms with E-state index in [0.717, 1.165) is 18.9 Å². The molecule has 0 aromatic carbocycles. The Bertz CT molecular complexity index is 240. The number of hydrogen-bond donors (Lipinski definition) is 2. The molecule has 0 bridgehead atoms. The molecule has 0 heterocycles. The van der Waals surface area contributed by atoms with Crippen molar-refractivity contribution in [3.63, 3.8) is 0 Å². The lowest BCUT2D eigenvalue weighted by Gasteiger charge is -2.05. The van der Waals surface area contributed by atoms with Gasteiger partial charge in [0, 0.05) is 6.54 Å². The summed E-state index contributed by atoms with van der Waals surface area (Å²) in [5.74, 6) is -0.464. The topological polar surface area (TPSA) is 58.2 Å². The summed E-state index contributed by atoms with van der Waals surface area (Å²) in [5.41, 5.74) is 0. The van der Waals surface area contributed by atoms with Crippen LogP contribution in [-0.2, 0) is 9.59 Å². The molecule has 0 saturated carbocycles. The number of rotatable bonds is 10. The van der Waals surface area contributed by atoms with Crippen LogP contribution in [0.15, 0.2) is 12.7 Å². The van der Waals surface area contributed by atoms with E-state index in [1.165, 1.54) is 25.7 Å². The Labute approximate surface area is 104 Å². The molecule has 0 spiro atoms. The van der Waals surface area contributed by atoms with E-state index in [-0.39, 0.29) is 18.4 Å². The Balaban J connectivity index is 3.27. The second-order valence-electron chi connectivity index (χ2n) is 4.04. The lowest BCUT2D eigenvalue weighted by atomic mass is 10.1. The number of carbonyl (C=O) groups is 2. The summed E-state index contributed by atoms with van der Waals surface area (Å²) in [6.45, 7) is 6.22. The van der Waals surface area contributed by atoms with Gasteiger partial charge in [0.1, 0.15) is 0 Å². The van der Waals surface area contributed by atoms with Gasteiger partial charge in [-0.05, 0) is 12.5 Å². The molecule has 98 valence electrons.